The van der Waals surface area contributed by atoms with Gasteiger partial charge in [-0.25, -0.2) is 0 Å². The third-order valence-electron chi connectivity index (χ3n) is 3.76. The van der Waals surface area contributed by atoms with Gasteiger partial charge in [0.2, 0.25) is 11.8 Å². The lowest BCUT2D eigenvalue weighted by atomic mass is 10.2. The van der Waals surface area contributed by atoms with Gasteiger partial charge in [-0.2, -0.15) is 0 Å². The fourth-order valence-corrected chi connectivity index (χ4v) is 2.61. The zero-order valence-electron chi connectivity index (χ0n) is 13.9. The number of para-hydroxylation sites is 1. The van der Waals surface area contributed by atoms with Crippen LogP contribution in [0.5, 0.6) is 0 Å². The largest absolute Gasteiger partial charge is 0.369 e. The van der Waals surface area contributed by atoms with Gasteiger partial charge in [-0.3, -0.25) is 14.5 Å². The van der Waals surface area contributed by atoms with Crippen molar-refractivity contribution in [1.29, 1.82) is 0 Å². The van der Waals surface area contributed by atoms with Crippen molar-refractivity contribution in [2.24, 2.45) is 0 Å². The van der Waals surface area contributed by atoms with Crippen LogP contribution >= 0.6 is 0 Å². The lowest BCUT2D eigenvalue weighted by Gasteiger charge is -2.35. The highest BCUT2D eigenvalue weighted by atomic mass is 16.2. The Balaban J connectivity index is 1.68. The Bertz CT molecular complexity index is 511. The molecule has 1 saturated heterocycles. The average Bonchev–Trinajstić information content (AvgIpc) is 2.54. The highest BCUT2D eigenvalue weighted by Gasteiger charge is 2.19. The van der Waals surface area contributed by atoms with Crippen LogP contribution in [-0.4, -0.2) is 62.0 Å². The summed E-state index contributed by atoms with van der Waals surface area (Å²) in [6, 6.07) is 10.4. The standard InChI is InChI=1S/C17H26N4O2/c1-14(2)19-16(22)12-18-17(23)13-20-8-10-21(11-9-20)15-6-4-3-5-7-15/h3-7,14H,8-13H2,1-2H3,(H,18,23)(H,19,22). The van der Waals surface area contributed by atoms with E-state index in [1.807, 2.05) is 32.0 Å². The van der Waals surface area contributed by atoms with E-state index in [1.54, 1.807) is 0 Å². The number of hydrogen-bond donors (Lipinski definition) is 2. The van der Waals surface area contributed by atoms with Crippen LogP contribution in [0, 0.1) is 0 Å². The number of piperazine rings is 1. The van der Waals surface area contributed by atoms with Gasteiger partial charge in [0.05, 0.1) is 13.1 Å². The van der Waals surface area contributed by atoms with E-state index in [0.717, 1.165) is 26.2 Å². The molecule has 126 valence electrons. The maximum atomic E-state index is 11.9. The second-order valence-corrected chi connectivity index (χ2v) is 6.10. The Morgan fingerprint density at radius 1 is 1.04 bits per heavy atom. The minimum Gasteiger partial charge on any atom is -0.369 e. The first-order chi connectivity index (χ1) is 11.0. The van der Waals surface area contributed by atoms with Gasteiger partial charge in [0.1, 0.15) is 0 Å². The Hall–Kier alpha value is -2.08. The molecule has 0 radical (unpaired) electrons. The molecule has 0 bridgehead atoms. The molecule has 6 nitrogen and oxygen atoms in total. The number of nitrogens with one attached hydrogen (secondary N) is 2. The van der Waals surface area contributed by atoms with Crippen molar-refractivity contribution in [1.82, 2.24) is 15.5 Å². The Morgan fingerprint density at radius 2 is 1.70 bits per heavy atom. The molecule has 1 heterocycles. The van der Waals surface area contributed by atoms with Crippen LogP contribution in [0.25, 0.3) is 0 Å². The summed E-state index contributed by atoms with van der Waals surface area (Å²) < 4.78 is 0. The molecule has 6 heteroatoms. The highest BCUT2D eigenvalue weighted by Crippen LogP contribution is 2.15. The number of rotatable bonds is 6. The van der Waals surface area contributed by atoms with Gasteiger partial charge < -0.3 is 15.5 Å². The topological polar surface area (TPSA) is 64.7 Å². The minimum atomic E-state index is -0.151. The predicted molar refractivity (Wildman–Crippen MR) is 91.4 cm³/mol. The van der Waals surface area contributed by atoms with Crippen LogP contribution in [0.1, 0.15) is 13.8 Å². The molecule has 0 spiro atoms. The van der Waals surface area contributed by atoms with E-state index in [9.17, 15) is 9.59 Å². The first-order valence-corrected chi connectivity index (χ1v) is 8.13. The number of anilines is 1. The molecule has 0 saturated carbocycles. The molecule has 1 aromatic rings. The third-order valence-corrected chi connectivity index (χ3v) is 3.76. The number of benzene rings is 1. The second kappa shape index (κ2) is 8.53. The third kappa shape index (κ3) is 5.90. The van der Waals surface area contributed by atoms with E-state index < -0.39 is 0 Å². The second-order valence-electron chi connectivity index (χ2n) is 6.10. The van der Waals surface area contributed by atoms with E-state index in [4.69, 9.17) is 0 Å². The van der Waals surface area contributed by atoms with Crippen molar-refractivity contribution in [3.8, 4) is 0 Å². The Labute approximate surface area is 137 Å². The fraction of sp³-hybridized carbons (Fsp3) is 0.529. The molecule has 1 fully saturated rings. The lowest BCUT2D eigenvalue weighted by Crippen LogP contribution is -2.50. The summed E-state index contributed by atoms with van der Waals surface area (Å²) >= 11 is 0. The van der Waals surface area contributed by atoms with Crippen molar-refractivity contribution in [2.75, 3.05) is 44.2 Å². The summed E-state index contributed by atoms with van der Waals surface area (Å²) in [6.45, 7) is 7.69. The maximum absolute atomic E-state index is 11.9. The summed E-state index contributed by atoms with van der Waals surface area (Å²) in [6.07, 6.45) is 0. The van der Waals surface area contributed by atoms with Crippen molar-refractivity contribution < 1.29 is 9.59 Å². The van der Waals surface area contributed by atoms with Crippen molar-refractivity contribution in [3.63, 3.8) is 0 Å². The molecular weight excluding hydrogens is 292 g/mol. The highest BCUT2D eigenvalue weighted by molar-refractivity contribution is 5.85. The zero-order chi connectivity index (χ0) is 16.7. The molecule has 23 heavy (non-hydrogen) atoms. The molecule has 0 unspecified atom stereocenters. The van der Waals surface area contributed by atoms with Gasteiger partial charge in [0, 0.05) is 37.9 Å². The minimum absolute atomic E-state index is 0.0427. The van der Waals surface area contributed by atoms with Crippen molar-refractivity contribution in [2.45, 2.75) is 19.9 Å². The number of hydrogen-bond acceptors (Lipinski definition) is 4. The zero-order valence-corrected chi connectivity index (χ0v) is 13.9. The van der Waals surface area contributed by atoms with Gasteiger partial charge in [-0.15, -0.1) is 0 Å². The van der Waals surface area contributed by atoms with E-state index in [2.05, 4.69) is 32.6 Å². The van der Waals surface area contributed by atoms with Gasteiger partial charge in [0.15, 0.2) is 0 Å². The summed E-state index contributed by atoms with van der Waals surface area (Å²) in [4.78, 5) is 27.9. The molecular formula is C17H26N4O2. The Morgan fingerprint density at radius 3 is 2.30 bits per heavy atom. The van der Waals surface area contributed by atoms with Crippen molar-refractivity contribution >= 4 is 17.5 Å². The van der Waals surface area contributed by atoms with Crippen LogP contribution in [0.4, 0.5) is 5.69 Å². The van der Waals surface area contributed by atoms with E-state index in [0.29, 0.717) is 6.54 Å². The van der Waals surface area contributed by atoms with Gasteiger partial charge in [-0.05, 0) is 26.0 Å². The first kappa shape index (κ1) is 17.3. The number of amides is 2. The van der Waals surface area contributed by atoms with Crippen LogP contribution < -0.4 is 15.5 Å². The molecule has 0 aromatic heterocycles. The van der Waals surface area contributed by atoms with Crippen molar-refractivity contribution in [3.05, 3.63) is 30.3 Å². The summed E-state index contributed by atoms with van der Waals surface area (Å²) in [7, 11) is 0. The number of carbonyl (C=O) groups excluding carboxylic acids is 2. The molecule has 1 aliphatic rings. The van der Waals surface area contributed by atoms with Crippen LogP contribution in [0.15, 0.2) is 30.3 Å². The molecule has 1 aromatic carbocycles. The van der Waals surface area contributed by atoms with Crippen LogP contribution in [0.3, 0.4) is 0 Å². The fourth-order valence-electron chi connectivity index (χ4n) is 2.61. The first-order valence-electron chi connectivity index (χ1n) is 8.13. The average molecular weight is 318 g/mol. The van der Waals surface area contributed by atoms with E-state index in [-0.39, 0.29) is 24.4 Å². The number of carbonyl (C=O) groups is 2. The van der Waals surface area contributed by atoms with Gasteiger partial charge in [0.25, 0.3) is 0 Å². The SMILES string of the molecule is CC(C)NC(=O)CNC(=O)CN1CCN(c2ccccc2)CC1. The quantitative estimate of drug-likeness (QED) is 0.799. The molecule has 0 aliphatic carbocycles. The Kier molecular flexibility index (Phi) is 6.40. The summed E-state index contributed by atoms with van der Waals surface area (Å²) in [5.41, 5.74) is 1.22. The summed E-state index contributed by atoms with van der Waals surface area (Å²) in [5.74, 6) is -0.251. The maximum Gasteiger partial charge on any atom is 0.239 e. The molecule has 2 amide bonds. The van der Waals surface area contributed by atoms with Gasteiger partial charge >= 0.3 is 0 Å². The predicted octanol–water partition coefficient (Wildman–Crippen LogP) is 0.449. The lowest BCUT2D eigenvalue weighted by molar-refractivity contribution is -0.127. The molecule has 2 N–H and O–H groups in total. The smallest absolute Gasteiger partial charge is 0.239 e. The number of nitrogens with zero attached hydrogens (tertiary/aromatic N) is 2. The van der Waals surface area contributed by atoms with Gasteiger partial charge in [-0.1, -0.05) is 18.2 Å². The van der Waals surface area contributed by atoms with E-state index >= 15 is 0 Å². The molecule has 1 aliphatic heterocycles. The van der Waals surface area contributed by atoms with Crippen LogP contribution in [-0.2, 0) is 9.59 Å². The molecule has 0 atom stereocenters. The normalized spacial score (nSPS) is 15.5. The van der Waals surface area contributed by atoms with E-state index in [1.165, 1.54) is 5.69 Å². The van der Waals surface area contributed by atoms with Crippen LogP contribution in [0.2, 0.25) is 0 Å². The molecule has 2 rings (SSSR count). The summed E-state index contributed by atoms with van der Waals surface area (Å²) in [5, 5.41) is 5.42. The monoisotopic (exact) mass is 318 g/mol.